The molecule has 0 amide bonds. The van der Waals surface area contributed by atoms with E-state index in [0.29, 0.717) is 33.0 Å². The van der Waals surface area contributed by atoms with Gasteiger partial charge >= 0.3 is 0 Å². The summed E-state index contributed by atoms with van der Waals surface area (Å²) in [6.45, 7) is 11.4. The molecule has 2 unspecified atom stereocenters. The van der Waals surface area contributed by atoms with Crippen LogP contribution in [0.2, 0.25) is 0 Å². The molecule has 0 radical (unpaired) electrons. The van der Waals surface area contributed by atoms with Crippen LogP contribution in [0.3, 0.4) is 0 Å². The molecule has 2 heterocycles. The Bertz CT molecular complexity index is 979. The van der Waals surface area contributed by atoms with Crippen molar-refractivity contribution in [2.75, 3.05) is 40.0 Å². The maximum absolute atomic E-state index is 9.68. The molecule has 4 rings (SSSR count). The maximum Gasteiger partial charge on any atom is 0.231 e. The van der Waals surface area contributed by atoms with Crippen LogP contribution in [0.4, 0.5) is 0 Å². The number of fused-ring (bicyclic) bond motifs is 2. The fourth-order valence-electron chi connectivity index (χ4n) is 4.42. The molecule has 0 saturated carbocycles. The van der Waals surface area contributed by atoms with E-state index in [-0.39, 0.29) is 12.9 Å². The Morgan fingerprint density at radius 1 is 0.769 bits per heavy atom. The first-order valence-electron chi connectivity index (χ1n) is 14.4. The molecule has 0 bridgehead atoms. The summed E-state index contributed by atoms with van der Waals surface area (Å²) in [6, 6.07) is 9.86. The van der Waals surface area contributed by atoms with Gasteiger partial charge in [-0.1, -0.05) is 46.1 Å². The molecule has 2 aliphatic rings. The lowest BCUT2D eigenvalue weighted by molar-refractivity contribution is -0.152. The Morgan fingerprint density at radius 2 is 1.49 bits per heavy atom. The van der Waals surface area contributed by atoms with Gasteiger partial charge in [-0.15, -0.1) is 0 Å². The summed E-state index contributed by atoms with van der Waals surface area (Å²) in [5.41, 5.74) is 3.31. The van der Waals surface area contributed by atoms with Crippen LogP contribution < -0.4 is 18.9 Å². The zero-order valence-corrected chi connectivity index (χ0v) is 24.0. The zero-order valence-electron chi connectivity index (χ0n) is 24.0. The van der Waals surface area contributed by atoms with Crippen LogP contribution in [0, 0.1) is 0 Å². The summed E-state index contributed by atoms with van der Waals surface area (Å²) in [6.07, 6.45) is 6.09. The van der Waals surface area contributed by atoms with E-state index >= 15 is 0 Å². The minimum Gasteiger partial charge on any atom is -0.454 e. The van der Waals surface area contributed by atoms with Crippen LogP contribution in [-0.4, -0.2) is 51.2 Å². The van der Waals surface area contributed by atoms with Crippen molar-refractivity contribution in [3.63, 3.8) is 0 Å². The molecule has 2 aliphatic heterocycles. The highest BCUT2D eigenvalue weighted by molar-refractivity contribution is 5.49. The average Bonchev–Trinajstić information content (AvgIpc) is 3.59. The van der Waals surface area contributed by atoms with Crippen molar-refractivity contribution in [1.82, 2.24) is 0 Å². The number of aliphatic hydroxyl groups is 1. The molecule has 39 heavy (non-hydrogen) atoms. The number of hydrogen-bond donors (Lipinski definition) is 1. The van der Waals surface area contributed by atoms with Crippen LogP contribution in [0.25, 0.3) is 0 Å². The molecule has 8 nitrogen and oxygen atoms in total. The van der Waals surface area contributed by atoms with Crippen LogP contribution in [-0.2, 0) is 27.1 Å². The second-order valence-electron chi connectivity index (χ2n) is 9.61. The first-order chi connectivity index (χ1) is 19.1. The van der Waals surface area contributed by atoms with E-state index in [1.807, 2.05) is 37.3 Å². The Labute approximate surface area is 233 Å². The monoisotopic (exact) mass is 546 g/mol. The summed E-state index contributed by atoms with van der Waals surface area (Å²) in [7, 11) is 0. The number of rotatable bonds is 16. The largest absolute Gasteiger partial charge is 0.454 e. The molecule has 0 saturated heterocycles. The van der Waals surface area contributed by atoms with Crippen molar-refractivity contribution in [3.8, 4) is 23.0 Å². The molecule has 0 fully saturated rings. The second kappa shape index (κ2) is 17.2. The molecule has 2 aromatic carbocycles. The molecule has 0 aromatic heterocycles. The molecule has 2 atom stereocenters. The second-order valence-corrected chi connectivity index (χ2v) is 9.61. The molecule has 0 aliphatic carbocycles. The summed E-state index contributed by atoms with van der Waals surface area (Å²) in [4.78, 5) is 0. The van der Waals surface area contributed by atoms with Gasteiger partial charge in [-0.3, -0.25) is 0 Å². The highest BCUT2D eigenvalue weighted by Gasteiger charge is 2.23. The van der Waals surface area contributed by atoms with E-state index in [9.17, 15) is 5.11 Å². The van der Waals surface area contributed by atoms with Gasteiger partial charge in [-0.25, -0.2) is 0 Å². The Hall–Kier alpha value is -2.52. The number of unbranched alkanes of at least 4 members (excludes halogenated alkanes) is 1. The van der Waals surface area contributed by atoms with Crippen LogP contribution in [0.5, 0.6) is 23.0 Å². The van der Waals surface area contributed by atoms with E-state index in [1.54, 1.807) is 0 Å². The number of aryl methyl sites for hydroxylation is 1. The number of ether oxygens (including phenoxy) is 7. The SMILES string of the molecule is CCCC(O)Cc1ccc2c(c1)OCO2.CCCCOCCOC(OCC)c1cc2c(cc1CCC)OCO2. The normalized spacial score (nSPS) is 14.6. The average molecular weight is 547 g/mol. The summed E-state index contributed by atoms with van der Waals surface area (Å²) in [5.74, 6) is 3.15. The van der Waals surface area contributed by atoms with Crippen molar-refractivity contribution >= 4 is 0 Å². The van der Waals surface area contributed by atoms with Crippen LogP contribution >= 0.6 is 0 Å². The first-order valence-corrected chi connectivity index (χ1v) is 14.4. The number of hydrogen-bond acceptors (Lipinski definition) is 8. The van der Waals surface area contributed by atoms with Gasteiger partial charge in [0.05, 0.1) is 19.3 Å². The fourth-order valence-corrected chi connectivity index (χ4v) is 4.42. The lowest BCUT2D eigenvalue weighted by atomic mass is 10.0. The summed E-state index contributed by atoms with van der Waals surface area (Å²) < 4.78 is 38.8. The molecular formula is C31H46O8. The van der Waals surface area contributed by atoms with Crippen molar-refractivity contribution < 1.29 is 38.3 Å². The summed E-state index contributed by atoms with van der Waals surface area (Å²) >= 11 is 0. The molecule has 1 N–H and O–H groups in total. The van der Waals surface area contributed by atoms with Gasteiger partial charge in [0.15, 0.2) is 29.3 Å². The molecule has 8 heteroatoms. The lowest BCUT2D eigenvalue weighted by Crippen LogP contribution is -2.15. The third kappa shape index (κ3) is 9.87. The van der Waals surface area contributed by atoms with Crippen molar-refractivity contribution in [2.24, 2.45) is 0 Å². The van der Waals surface area contributed by atoms with Crippen molar-refractivity contribution in [1.29, 1.82) is 0 Å². The van der Waals surface area contributed by atoms with Crippen molar-refractivity contribution in [3.05, 3.63) is 47.0 Å². The number of benzene rings is 2. The highest BCUT2D eigenvalue weighted by atomic mass is 16.7. The van der Waals surface area contributed by atoms with E-state index in [4.69, 9.17) is 33.2 Å². The molecular weight excluding hydrogens is 500 g/mol. The molecule has 2 aromatic rings. The molecule has 218 valence electrons. The van der Waals surface area contributed by atoms with Gasteiger partial charge in [0.2, 0.25) is 13.6 Å². The Morgan fingerprint density at radius 3 is 2.18 bits per heavy atom. The van der Waals surface area contributed by atoms with Crippen LogP contribution in [0.1, 0.15) is 82.8 Å². The highest BCUT2D eigenvalue weighted by Crippen LogP contribution is 2.38. The third-order valence-corrected chi connectivity index (χ3v) is 6.40. The minimum absolute atomic E-state index is 0.254. The van der Waals surface area contributed by atoms with Gasteiger partial charge in [-0.05, 0) is 68.0 Å². The van der Waals surface area contributed by atoms with Crippen LogP contribution in [0.15, 0.2) is 30.3 Å². The van der Waals surface area contributed by atoms with Gasteiger partial charge in [-0.2, -0.15) is 0 Å². The smallest absolute Gasteiger partial charge is 0.231 e. The lowest BCUT2D eigenvalue weighted by Gasteiger charge is -2.21. The standard InChI is InChI=1S/C19H30O5.C12H16O3/c1-4-7-9-20-10-11-22-19(21-6-3)16-13-18-17(23-14-24-18)12-15(16)8-5-2;1-2-3-10(13)6-9-4-5-11-12(7-9)15-8-14-11/h12-13,19H,4-11,14H2,1-3H3;4-5,7,10,13H,2-3,6,8H2,1H3. The van der Waals surface area contributed by atoms with Gasteiger partial charge in [0.1, 0.15) is 0 Å². The van der Waals surface area contributed by atoms with Gasteiger partial charge in [0.25, 0.3) is 0 Å². The quantitative estimate of drug-likeness (QED) is 0.192. The van der Waals surface area contributed by atoms with Crippen molar-refractivity contribution in [2.45, 2.75) is 85.0 Å². The van der Waals surface area contributed by atoms with E-state index in [0.717, 1.165) is 79.3 Å². The molecule has 0 spiro atoms. The third-order valence-electron chi connectivity index (χ3n) is 6.40. The number of aliphatic hydroxyl groups excluding tert-OH is 1. The summed E-state index contributed by atoms with van der Waals surface area (Å²) in [5, 5.41) is 9.68. The zero-order chi connectivity index (χ0) is 27.9. The topological polar surface area (TPSA) is 84.8 Å². The predicted molar refractivity (Wildman–Crippen MR) is 150 cm³/mol. The minimum atomic E-state index is -0.402. The Balaban J connectivity index is 0.000000239. The van der Waals surface area contributed by atoms with Gasteiger partial charge in [0, 0.05) is 18.8 Å². The van der Waals surface area contributed by atoms with E-state index in [1.165, 1.54) is 5.56 Å². The van der Waals surface area contributed by atoms with E-state index < -0.39 is 6.29 Å². The first kappa shape index (κ1) is 31.0. The van der Waals surface area contributed by atoms with Gasteiger partial charge < -0.3 is 38.3 Å². The van der Waals surface area contributed by atoms with E-state index in [2.05, 4.69) is 20.8 Å². The predicted octanol–water partition coefficient (Wildman–Crippen LogP) is 6.36. The maximum atomic E-state index is 9.68. The Kier molecular flexibility index (Phi) is 13.7. The fraction of sp³-hybridized carbons (Fsp3) is 0.613.